The van der Waals surface area contributed by atoms with Gasteiger partial charge in [-0.05, 0) is 45.3 Å². The van der Waals surface area contributed by atoms with Crippen molar-refractivity contribution in [2.75, 3.05) is 32.5 Å². The van der Waals surface area contributed by atoms with Crippen LogP contribution in [0.1, 0.15) is 28.5 Å². The van der Waals surface area contributed by atoms with Gasteiger partial charge < -0.3 is 15.1 Å². The van der Waals surface area contributed by atoms with Crippen molar-refractivity contribution in [3.63, 3.8) is 0 Å². The summed E-state index contributed by atoms with van der Waals surface area (Å²) in [6.07, 6.45) is 2.51. The first-order valence-corrected chi connectivity index (χ1v) is 10.2. The van der Waals surface area contributed by atoms with Gasteiger partial charge in [-0.15, -0.1) is 11.3 Å². The summed E-state index contributed by atoms with van der Waals surface area (Å²) in [6.45, 7) is 1.61. The zero-order valence-corrected chi connectivity index (χ0v) is 16.8. The van der Waals surface area contributed by atoms with Crippen LogP contribution in [0.3, 0.4) is 0 Å². The SMILES string of the molecule is CN(C)CCCN1C(=O)c2ccccc2NC1c1ccc(-c2cscn2)nc1. The summed E-state index contributed by atoms with van der Waals surface area (Å²) < 4.78 is 0. The molecule has 0 bridgehead atoms. The minimum atomic E-state index is -0.235. The number of benzene rings is 1. The lowest BCUT2D eigenvalue weighted by Gasteiger charge is -2.38. The number of aromatic nitrogens is 2. The van der Waals surface area contributed by atoms with Crippen LogP contribution in [0.15, 0.2) is 53.5 Å². The van der Waals surface area contributed by atoms with E-state index in [0.717, 1.165) is 41.2 Å². The van der Waals surface area contributed by atoms with Crippen molar-refractivity contribution in [1.29, 1.82) is 0 Å². The van der Waals surface area contributed by atoms with Crippen LogP contribution in [-0.2, 0) is 0 Å². The number of carbonyl (C=O) groups excluding carboxylic acids is 1. The molecule has 0 saturated carbocycles. The van der Waals surface area contributed by atoms with Crippen molar-refractivity contribution >= 4 is 22.9 Å². The van der Waals surface area contributed by atoms with E-state index in [2.05, 4.69) is 20.2 Å². The second-order valence-corrected chi connectivity index (χ2v) is 7.82. The molecule has 3 heterocycles. The molecule has 144 valence electrons. The predicted molar refractivity (Wildman–Crippen MR) is 112 cm³/mol. The summed E-state index contributed by atoms with van der Waals surface area (Å²) in [5.41, 5.74) is 6.06. The fraction of sp³-hybridized carbons (Fsp3) is 0.286. The number of hydrogen-bond donors (Lipinski definition) is 1. The van der Waals surface area contributed by atoms with Crippen LogP contribution < -0.4 is 5.32 Å². The van der Waals surface area contributed by atoms with E-state index in [4.69, 9.17) is 0 Å². The Bertz CT molecular complexity index is 940. The maximum Gasteiger partial charge on any atom is 0.257 e. The highest BCUT2D eigenvalue weighted by atomic mass is 32.1. The fourth-order valence-corrected chi connectivity index (χ4v) is 3.95. The number of fused-ring (bicyclic) bond motifs is 1. The number of nitrogens with zero attached hydrogens (tertiary/aromatic N) is 4. The third-order valence-corrected chi connectivity index (χ3v) is 5.41. The Morgan fingerprint density at radius 3 is 2.71 bits per heavy atom. The smallest absolute Gasteiger partial charge is 0.257 e. The van der Waals surface area contributed by atoms with Crippen molar-refractivity contribution in [3.8, 4) is 11.4 Å². The Morgan fingerprint density at radius 1 is 1.14 bits per heavy atom. The quantitative estimate of drug-likeness (QED) is 0.692. The van der Waals surface area contributed by atoms with Crippen molar-refractivity contribution in [2.45, 2.75) is 12.6 Å². The van der Waals surface area contributed by atoms with Crippen LogP contribution in [0, 0.1) is 0 Å². The molecule has 0 spiro atoms. The number of hydrogen-bond acceptors (Lipinski definition) is 6. The normalized spacial score (nSPS) is 16.2. The van der Waals surface area contributed by atoms with E-state index < -0.39 is 0 Å². The number of amides is 1. The predicted octanol–water partition coefficient (Wildman–Crippen LogP) is 3.72. The maximum absolute atomic E-state index is 13.2. The van der Waals surface area contributed by atoms with Crippen LogP contribution in [0.2, 0.25) is 0 Å². The molecule has 1 aliphatic rings. The number of nitrogens with one attached hydrogen (secondary N) is 1. The van der Waals surface area contributed by atoms with E-state index >= 15 is 0 Å². The van der Waals surface area contributed by atoms with Crippen LogP contribution in [-0.4, -0.2) is 52.9 Å². The molecular weight excluding hydrogens is 370 g/mol. The third kappa shape index (κ3) is 3.76. The maximum atomic E-state index is 13.2. The molecule has 0 radical (unpaired) electrons. The summed E-state index contributed by atoms with van der Waals surface area (Å²) in [7, 11) is 4.09. The molecule has 2 aromatic heterocycles. The lowest BCUT2D eigenvalue weighted by molar-refractivity contribution is 0.0676. The van der Waals surface area contributed by atoms with E-state index in [9.17, 15) is 4.79 Å². The van der Waals surface area contributed by atoms with Crippen LogP contribution in [0.25, 0.3) is 11.4 Å². The monoisotopic (exact) mass is 393 g/mol. The van der Waals surface area contributed by atoms with Crippen LogP contribution >= 0.6 is 11.3 Å². The Kier molecular flexibility index (Phi) is 5.36. The number of pyridine rings is 1. The number of carbonyl (C=O) groups is 1. The van der Waals surface area contributed by atoms with Crippen molar-refractivity contribution < 1.29 is 4.79 Å². The Labute approximate surface area is 168 Å². The summed E-state index contributed by atoms with van der Waals surface area (Å²) in [4.78, 5) is 26.1. The van der Waals surface area contributed by atoms with E-state index in [1.165, 1.54) is 0 Å². The second-order valence-electron chi connectivity index (χ2n) is 7.10. The van der Waals surface area contributed by atoms with E-state index in [1.807, 2.05) is 67.0 Å². The highest BCUT2D eigenvalue weighted by molar-refractivity contribution is 7.07. The summed E-state index contributed by atoms with van der Waals surface area (Å²) in [6, 6.07) is 11.7. The average Bonchev–Trinajstić information content (AvgIpc) is 3.24. The van der Waals surface area contributed by atoms with Gasteiger partial charge in [-0.25, -0.2) is 4.98 Å². The minimum Gasteiger partial charge on any atom is -0.361 e. The van der Waals surface area contributed by atoms with Gasteiger partial charge in [0.2, 0.25) is 0 Å². The molecule has 7 heteroatoms. The largest absolute Gasteiger partial charge is 0.361 e. The summed E-state index contributed by atoms with van der Waals surface area (Å²) in [5, 5.41) is 5.50. The van der Waals surface area contributed by atoms with Gasteiger partial charge in [0.05, 0.1) is 22.5 Å². The molecule has 0 fully saturated rings. The molecule has 1 N–H and O–H groups in total. The topological polar surface area (TPSA) is 61.4 Å². The van der Waals surface area contributed by atoms with E-state index in [0.29, 0.717) is 6.54 Å². The van der Waals surface area contributed by atoms with Crippen molar-refractivity contribution in [1.82, 2.24) is 19.8 Å². The number of rotatable bonds is 6. The molecular formula is C21H23N5OS. The highest BCUT2D eigenvalue weighted by Gasteiger charge is 2.32. The van der Waals surface area contributed by atoms with Gasteiger partial charge in [-0.2, -0.15) is 0 Å². The van der Waals surface area contributed by atoms with Gasteiger partial charge >= 0.3 is 0 Å². The molecule has 6 nitrogen and oxygen atoms in total. The first kappa shape index (κ1) is 18.6. The Morgan fingerprint density at radius 2 is 2.00 bits per heavy atom. The van der Waals surface area contributed by atoms with Crippen LogP contribution in [0.4, 0.5) is 5.69 Å². The van der Waals surface area contributed by atoms with Crippen molar-refractivity contribution in [2.24, 2.45) is 0 Å². The molecule has 1 aromatic carbocycles. The molecule has 1 atom stereocenters. The fourth-order valence-electron chi connectivity index (χ4n) is 3.40. The molecule has 0 saturated heterocycles. The minimum absolute atomic E-state index is 0.0571. The third-order valence-electron chi connectivity index (χ3n) is 4.82. The van der Waals surface area contributed by atoms with Gasteiger partial charge in [-0.3, -0.25) is 9.78 Å². The van der Waals surface area contributed by atoms with Gasteiger partial charge in [0.25, 0.3) is 5.91 Å². The highest BCUT2D eigenvalue weighted by Crippen LogP contribution is 2.33. The number of anilines is 1. The molecule has 4 rings (SSSR count). The summed E-state index contributed by atoms with van der Waals surface area (Å²) in [5.74, 6) is 0.0571. The molecule has 1 aliphatic heterocycles. The molecule has 0 aliphatic carbocycles. The number of para-hydroxylation sites is 1. The standard InChI is InChI=1S/C21H23N5OS/c1-25(2)10-5-11-26-20(24-17-7-4-3-6-16(17)21(26)27)15-8-9-18(22-12-15)19-13-28-14-23-19/h3-4,6-9,12-14,20,24H,5,10-11H2,1-2H3. The van der Waals surface area contributed by atoms with Gasteiger partial charge in [0.1, 0.15) is 6.17 Å². The average molecular weight is 394 g/mol. The van der Waals surface area contributed by atoms with Gasteiger partial charge in [0.15, 0.2) is 0 Å². The van der Waals surface area contributed by atoms with E-state index in [-0.39, 0.29) is 12.1 Å². The first-order chi connectivity index (χ1) is 13.6. The first-order valence-electron chi connectivity index (χ1n) is 9.29. The van der Waals surface area contributed by atoms with Gasteiger partial charge in [0, 0.05) is 29.4 Å². The van der Waals surface area contributed by atoms with Crippen molar-refractivity contribution in [3.05, 3.63) is 64.6 Å². The lowest BCUT2D eigenvalue weighted by atomic mass is 10.0. The Hall–Kier alpha value is -2.77. The second kappa shape index (κ2) is 8.08. The summed E-state index contributed by atoms with van der Waals surface area (Å²) >= 11 is 1.55. The zero-order chi connectivity index (χ0) is 19.5. The Balaban J connectivity index is 1.63. The van der Waals surface area contributed by atoms with Crippen LogP contribution in [0.5, 0.6) is 0 Å². The molecule has 1 unspecified atom stereocenters. The van der Waals surface area contributed by atoms with Gasteiger partial charge in [-0.1, -0.05) is 18.2 Å². The number of thiazole rings is 1. The van der Waals surface area contributed by atoms with E-state index in [1.54, 1.807) is 16.8 Å². The molecule has 28 heavy (non-hydrogen) atoms. The molecule has 1 amide bonds. The molecule has 3 aromatic rings. The lowest BCUT2D eigenvalue weighted by Crippen LogP contribution is -2.44. The zero-order valence-electron chi connectivity index (χ0n) is 16.0.